The molecule has 3 unspecified atom stereocenters. The van der Waals surface area contributed by atoms with Gasteiger partial charge in [-0.05, 0) is 64.2 Å². The maximum atomic E-state index is 13.0. The number of carbonyl (C=O) groups excluding carboxylic acids is 1. The lowest BCUT2D eigenvalue weighted by Gasteiger charge is -2.30. The molecular weight excluding hydrogens is 924 g/mol. The van der Waals surface area contributed by atoms with Crippen molar-refractivity contribution < 1.29 is 32.9 Å². The quantitative estimate of drug-likeness (QED) is 0.0272. The highest BCUT2D eigenvalue weighted by Crippen LogP contribution is 2.38. The van der Waals surface area contributed by atoms with Crippen molar-refractivity contribution in [3.05, 3.63) is 72.9 Å². The smallest absolute Gasteiger partial charge is 0.268 e. The second-order valence-corrected chi connectivity index (χ2v) is 23.4. The first-order valence-electron chi connectivity index (χ1n) is 30.8. The molecule has 0 saturated heterocycles. The maximum absolute atomic E-state index is 13.0. The fourth-order valence-corrected chi connectivity index (χ4v) is 9.65. The van der Waals surface area contributed by atoms with Gasteiger partial charge in [-0.15, -0.1) is 0 Å². The second-order valence-electron chi connectivity index (χ2n) is 22.0. The third-order valence-corrected chi connectivity index (χ3v) is 14.7. The van der Waals surface area contributed by atoms with Gasteiger partial charge in [0.2, 0.25) is 5.91 Å². The maximum Gasteiger partial charge on any atom is 0.268 e. The Labute approximate surface area is 453 Å². The Kier molecular flexibility index (Phi) is 53.2. The van der Waals surface area contributed by atoms with E-state index in [9.17, 15) is 19.4 Å². The fourth-order valence-electron chi connectivity index (χ4n) is 8.93. The highest BCUT2D eigenvalue weighted by Gasteiger charge is 2.24. The number of hydrogen-bond acceptors (Lipinski definition) is 6. The van der Waals surface area contributed by atoms with Gasteiger partial charge in [0.15, 0.2) is 0 Å². The molecule has 73 heavy (non-hydrogen) atoms. The lowest BCUT2D eigenvalue weighted by Crippen LogP contribution is -2.46. The van der Waals surface area contributed by atoms with Crippen LogP contribution >= 0.6 is 7.82 Å². The normalized spacial score (nSPS) is 14.3. The minimum atomic E-state index is -4.57. The fraction of sp³-hybridized carbons (Fsp3) is 0.797. The topological polar surface area (TPSA) is 108 Å². The van der Waals surface area contributed by atoms with Crippen LogP contribution in [0.2, 0.25) is 0 Å². The number of nitrogens with one attached hydrogen (secondary N) is 1. The Balaban J connectivity index is 4.02. The van der Waals surface area contributed by atoms with Crippen LogP contribution in [0, 0.1) is 0 Å². The molecule has 426 valence electrons. The molecule has 0 bridgehead atoms. The number of hydrogen-bond donors (Lipinski definition) is 2. The number of amides is 1. The summed E-state index contributed by atoms with van der Waals surface area (Å²) in [7, 11) is 1.31. The Morgan fingerprint density at radius 2 is 0.836 bits per heavy atom. The van der Waals surface area contributed by atoms with Crippen LogP contribution in [0.1, 0.15) is 277 Å². The zero-order chi connectivity index (χ0) is 53.5. The van der Waals surface area contributed by atoms with Gasteiger partial charge >= 0.3 is 0 Å². The van der Waals surface area contributed by atoms with Crippen LogP contribution in [0.15, 0.2) is 72.9 Å². The molecule has 0 aromatic carbocycles. The number of allylic oxidation sites excluding steroid dienone is 12. The SMILES string of the molecule is CC/C=C\C/C=C\C/C=C\C/C=C\C/C=C\C/C=C\CCCCCCCCCCCCCCCCCCC(=O)NC(COP(=O)([O-])OCC[N+](C)(C)C)C(O)CCCCCCCCCCCCCCCCCC. The van der Waals surface area contributed by atoms with Crippen LogP contribution in [0.3, 0.4) is 0 Å². The zero-order valence-corrected chi connectivity index (χ0v) is 49.5. The van der Waals surface area contributed by atoms with E-state index in [0.29, 0.717) is 23.9 Å². The Morgan fingerprint density at radius 3 is 1.22 bits per heavy atom. The molecule has 0 saturated carbocycles. The van der Waals surface area contributed by atoms with E-state index in [2.05, 4.69) is 92.1 Å². The van der Waals surface area contributed by atoms with E-state index in [1.807, 2.05) is 21.1 Å². The summed E-state index contributed by atoms with van der Waals surface area (Å²) >= 11 is 0. The molecule has 0 spiro atoms. The first-order chi connectivity index (χ1) is 35.5. The van der Waals surface area contributed by atoms with Crippen molar-refractivity contribution in [3.8, 4) is 0 Å². The predicted molar refractivity (Wildman–Crippen MR) is 316 cm³/mol. The third-order valence-electron chi connectivity index (χ3n) is 13.7. The highest BCUT2D eigenvalue weighted by molar-refractivity contribution is 7.45. The third kappa shape index (κ3) is 57.5. The summed E-state index contributed by atoms with van der Waals surface area (Å²) < 4.78 is 23.4. The van der Waals surface area contributed by atoms with Gasteiger partial charge in [0, 0.05) is 6.42 Å². The van der Waals surface area contributed by atoms with Gasteiger partial charge in [0.25, 0.3) is 7.82 Å². The molecule has 0 radical (unpaired) electrons. The molecule has 0 aromatic rings. The van der Waals surface area contributed by atoms with E-state index in [4.69, 9.17) is 9.05 Å². The van der Waals surface area contributed by atoms with Crippen molar-refractivity contribution in [3.63, 3.8) is 0 Å². The number of aliphatic hydroxyl groups excluding tert-OH is 1. The monoisotopic (exact) mass is 1040 g/mol. The van der Waals surface area contributed by atoms with Crippen LogP contribution in [-0.4, -0.2) is 68.5 Å². The highest BCUT2D eigenvalue weighted by atomic mass is 31.2. The molecule has 0 aliphatic heterocycles. The zero-order valence-electron chi connectivity index (χ0n) is 48.6. The number of phosphoric acid groups is 1. The molecule has 1 amide bonds. The molecule has 0 rings (SSSR count). The molecule has 0 fully saturated rings. The number of nitrogens with zero attached hydrogens (tertiary/aromatic N) is 1. The number of carbonyl (C=O) groups is 1. The Hall–Kier alpha value is -2.06. The van der Waals surface area contributed by atoms with Crippen LogP contribution in [0.25, 0.3) is 0 Å². The second kappa shape index (κ2) is 54.7. The number of rotatable bonds is 56. The number of quaternary nitrogens is 1. The van der Waals surface area contributed by atoms with Gasteiger partial charge in [0.05, 0.1) is 39.9 Å². The van der Waals surface area contributed by atoms with Crippen LogP contribution < -0.4 is 10.2 Å². The summed E-state index contributed by atoms with van der Waals surface area (Å²) in [4.78, 5) is 25.6. The van der Waals surface area contributed by atoms with Crippen molar-refractivity contribution in [2.45, 2.75) is 289 Å². The standard InChI is InChI=1S/C64H119N2O6P/c1-6-8-10-12-14-16-18-20-22-24-25-26-27-28-29-30-31-32-33-34-35-36-37-38-39-40-41-42-44-46-48-50-52-54-56-58-64(68)65-62(61-72-73(69,70)71-60-59-66(3,4)5)63(67)57-55-53-51-49-47-45-43-23-21-19-17-15-13-11-9-7-2/h8,10,14,16,20,22,25-26,28-29,31-32,62-63,67H,6-7,9,11-13,15,17-19,21,23-24,27,30,33-61H2,1-5H3,(H-,65,68,69,70)/b10-8-,16-14-,22-20-,26-25-,29-28-,32-31-. The van der Waals surface area contributed by atoms with E-state index >= 15 is 0 Å². The summed E-state index contributed by atoms with van der Waals surface area (Å²) in [6.07, 6.45) is 75.2. The summed E-state index contributed by atoms with van der Waals surface area (Å²) in [6.45, 7) is 4.63. The van der Waals surface area contributed by atoms with Gasteiger partial charge < -0.3 is 28.8 Å². The summed E-state index contributed by atoms with van der Waals surface area (Å²) in [5.74, 6) is -0.164. The lowest BCUT2D eigenvalue weighted by atomic mass is 10.0. The van der Waals surface area contributed by atoms with Gasteiger partial charge in [-0.3, -0.25) is 9.36 Å². The van der Waals surface area contributed by atoms with Crippen LogP contribution in [0.4, 0.5) is 0 Å². The van der Waals surface area contributed by atoms with E-state index in [1.54, 1.807) is 0 Å². The van der Waals surface area contributed by atoms with Crippen molar-refractivity contribution in [2.75, 3.05) is 40.9 Å². The molecule has 9 heteroatoms. The van der Waals surface area contributed by atoms with Crippen LogP contribution in [0.5, 0.6) is 0 Å². The van der Waals surface area contributed by atoms with Gasteiger partial charge in [-0.2, -0.15) is 0 Å². The molecule has 0 aromatic heterocycles. The number of likely N-dealkylation sites (N-methyl/N-ethyl adjacent to an activating group) is 1. The van der Waals surface area contributed by atoms with E-state index in [0.717, 1.165) is 77.0 Å². The molecule has 2 N–H and O–H groups in total. The molecule has 0 aliphatic rings. The lowest BCUT2D eigenvalue weighted by molar-refractivity contribution is -0.870. The molecule has 8 nitrogen and oxygen atoms in total. The van der Waals surface area contributed by atoms with Crippen molar-refractivity contribution in [1.82, 2.24) is 5.32 Å². The predicted octanol–water partition coefficient (Wildman–Crippen LogP) is 18.4. The van der Waals surface area contributed by atoms with E-state index in [1.165, 1.54) is 173 Å². The van der Waals surface area contributed by atoms with Crippen LogP contribution in [-0.2, 0) is 18.4 Å². The minimum absolute atomic E-state index is 0.0114. The van der Waals surface area contributed by atoms with Crippen molar-refractivity contribution in [1.29, 1.82) is 0 Å². The largest absolute Gasteiger partial charge is 0.756 e. The van der Waals surface area contributed by atoms with Crippen molar-refractivity contribution >= 4 is 13.7 Å². The van der Waals surface area contributed by atoms with E-state index < -0.39 is 20.0 Å². The average molecular weight is 1040 g/mol. The average Bonchev–Trinajstić information content (AvgIpc) is 3.35. The summed E-state index contributed by atoms with van der Waals surface area (Å²) in [5.41, 5.74) is 0. The van der Waals surface area contributed by atoms with E-state index in [-0.39, 0.29) is 19.1 Å². The minimum Gasteiger partial charge on any atom is -0.756 e. The van der Waals surface area contributed by atoms with Crippen molar-refractivity contribution in [2.24, 2.45) is 0 Å². The molecule has 0 heterocycles. The van der Waals surface area contributed by atoms with Gasteiger partial charge in [0.1, 0.15) is 13.2 Å². The number of aliphatic hydroxyl groups is 1. The summed E-state index contributed by atoms with van der Waals surface area (Å²) in [5, 5.41) is 14.0. The Morgan fingerprint density at radius 1 is 0.493 bits per heavy atom. The first-order valence-corrected chi connectivity index (χ1v) is 32.2. The molecular formula is C64H119N2O6P. The Bertz CT molecular complexity index is 1420. The molecule has 3 atom stereocenters. The number of unbranched alkanes of at least 4 members (excludes halogenated alkanes) is 31. The van der Waals surface area contributed by atoms with Gasteiger partial charge in [-0.1, -0.05) is 279 Å². The number of phosphoric ester groups is 1. The molecule has 0 aliphatic carbocycles. The first kappa shape index (κ1) is 70.9. The van der Waals surface area contributed by atoms with Gasteiger partial charge in [-0.25, -0.2) is 0 Å². The summed E-state index contributed by atoms with van der Waals surface area (Å²) in [6, 6.07) is -0.803.